The molecule has 0 fully saturated rings. The molecule has 0 amide bonds. The maximum absolute atomic E-state index is 5.91. The average molecular weight is 442 g/mol. The van der Waals surface area contributed by atoms with E-state index < -0.39 is 0 Å². The molecule has 0 aliphatic heterocycles. The number of hydrogen-bond donors (Lipinski definition) is 0. The zero-order valence-corrected chi connectivity index (χ0v) is 17.0. The van der Waals surface area contributed by atoms with E-state index in [4.69, 9.17) is 21.3 Å². The molecule has 1 heterocycles. The lowest BCUT2D eigenvalue weighted by atomic mass is 10.2. The molecule has 0 radical (unpaired) electrons. The van der Waals surface area contributed by atoms with Crippen molar-refractivity contribution in [3.8, 4) is 17.1 Å². The number of ether oxygens (including phenoxy) is 1. The average Bonchev–Trinajstić information content (AvgIpc) is 3.05. The van der Waals surface area contributed by atoms with Gasteiger partial charge in [-0.2, -0.15) is 0 Å². The predicted octanol–water partition coefficient (Wildman–Crippen LogP) is 6.59. The van der Waals surface area contributed by atoms with E-state index >= 15 is 0 Å². The highest BCUT2D eigenvalue weighted by atomic mass is 79.9. The first-order valence-electron chi connectivity index (χ1n) is 8.80. The molecule has 0 aliphatic rings. The molecule has 0 atom stereocenters. The Bertz CT molecular complexity index is 1060. The first kappa shape index (κ1) is 18.1. The standard InChI is InChI=1S/C22H18BrClN2O/c23-17-6-3-5-16(15-17)22-25-20-7-1-2-8-21(20)26(22)13-4-14-27-19-11-9-18(24)10-12-19/h1-3,5-12,15H,4,13-14H2. The predicted molar refractivity (Wildman–Crippen MR) is 114 cm³/mol. The zero-order valence-electron chi connectivity index (χ0n) is 14.6. The molecular weight excluding hydrogens is 424 g/mol. The van der Waals surface area contributed by atoms with Crippen LogP contribution < -0.4 is 4.74 Å². The van der Waals surface area contributed by atoms with E-state index in [2.05, 4.69) is 50.8 Å². The number of imidazole rings is 1. The summed E-state index contributed by atoms with van der Waals surface area (Å²) in [6, 6.07) is 23.9. The van der Waals surface area contributed by atoms with Gasteiger partial charge in [-0.15, -0.1) is 0 Å². The maximum atomic E-state index is 5.91. The van der Waals surface area contributed by atoms with Gasteiger partial charge in [0.1, 0.15) is 11.6 Å². The van der Waals surface area contributed by atoms with Gasteiger partial charge in [0.05, 0.1) is 17.6 Å². The Morgan fingerprint density at radius 3 is 2.59 bits per heavy atom. The highest BCUT2D eigenvalue weighted by molar-refractivity contribution is 9.10. The number of benzene rings is 3. The third-order valence-electron chi connectivity index (χ3n) is 4.35. The summed E-state index contributed by atoms with van der Waals surface area (Å²) in [5.41, 5.74) is 3.24. The van der Waals surface area contributed by atoms with E-state index in [1.54, 1.807) is 0 Å². The fourth-order valence-electron chi connectivity index (χ4n) is 3.09. The van der Waals surface area contributed by atoms with Crippen molar-refractivity contribution in [2.45, 2.75) is 13.0 Å². The Morgan fingerprint density at radius 2 is 1.78 bits per heavy atom. The SMILES string of the molecule is Clc1ccc(OCCCn2c(-c3cccc(Br)c3)nc3ccccc32)cc1. The van der Waals surface area contributed by atoms with Gasteiger partial charge in [-0.25, -0.2) is 4.98 Å². The first-order chi connectivity index (χ1) is 13.2. The summed E-state index contributed by atoms with van der Waals surface area (Å²) in [5.74, 6) is 1.81. The number of aromatic nitrogens is 2. The molecule has 27 heavy (non-hydrogen) atoms. The Labute approximate surface area is 171 Å². The van der Waals surface area contributed by atoms with Crippen LogP contribution in [0.2, 0.25) is 5.02 Å². The second-order valence-corrected chi connectivity index (χ2v) is 7.59. The lowest BCUT2D eigenvalue weighted by Crippen LogP contribution is -2.06. The molecule has 1 aromatic heterocycles. The van der Waals surface area contributed by atoms with Gasteiger partial charge in [-0.3, -0.25) is 0 Å². The van der Waals surface area contributed by atoms with Crippen LogP contribution in [0.15, 0.2) is 77.3 Å². The Balaban J connectivity index is 1.55. The summed E-state index contributed by atoms with van der Waals surface area (Å²) in [4.78, 5) is 4.86. The van der Waals surface area contributed by atoms with Crippen LogP contribution in [0.3, 0.4) is 0 Å². The van der Waals surface area contributed by atoms with Gasteiger partial charge in [0.25, 0.3) is 0 Å². The van der Waals surface area contributed by atoms with Crippen LogP contribution >= 0.6 is 27.5 Å². The number of nitrogens with zero attached hydrogens (tertiary/aromatic N) is 2. The highest BCUT2D eigenvalue weighted by Crippen LogP contribution is 2.27. The van der Waals surface area contributed by atoms with Crippen molar-refractivity contribution in [2.24, 2.45) is 0 Å². The van der Waals surface area contributed by atoms with Crippen molar-refractivity contribution in [2.75, 3.05) is 6.61 Å². The Kier molecular flexibility index (Phi) is 5.46. The van der Waals surface area contributed by atoms with Crippen molar-refractivity contribution in [1.82, 2.24) is 9.55 Å². The van der Waals surface area contributed by atoms with Gasteiger partial charge >= 0.3 is 0 Å². The molecule has 4 aromatic rings. The van der Waals surface area contributed by atoms with Crippen LogP contribution in [0, 0.1) is 0 Å². The third kappa shape index (κ3) is 4.18. The molecule has 5 heteroatoms. The summed E-state index contributed by atoms with van der Waals surface area (Å²) >= 11 is 9.47. The minimum atomic E-state index is 0.631. The molecule has 0 saturated heterocycles. The van der Waals surface area contributed by atoms with Crippen molar-refractivity contribution in [3.63, 3.8) is 0 Å². The van der Waals surface area contributed by atoms with E-state index in [0.717, 1.165) is 45.6 Å². The number of hydrogen-bond acceptors (Lipinski definition) is 2. The van der Waals surface area contributed by atoms with E-state index in [1.807, 2.05) is 42.5 Å². The summed E-state index contributed by atoms with van der Waals surface area (Å²) in [5, 5.41) is 0.714. The minimum absolute atomic E-state index is 0.631. The van der Waals surface area contributed by atoms with Crippen LogP contribution in [0.1, 0.15) is 6.42 Å². The normalized spacial score (nSPS) is 11.0. The van der Waals surface area contributed by atoms with Gasteiger partial charge in [0.2, 0.25) is 0 Å². The summed E-state index contributed by atoms with van der Waals surface area (Å²) in [7, 11) is 0. The molecule has 136 valence electrons. The van der Waals surface area contributed by atoms with Crippen molar-refractivity contribution < 1.29 is 4.74 Å². The number of para-hydroxylation sites is 2. The van der Waals surface area contributed by atoms with E-state index in [-0.39, 0.29) is 0 Å². The van der Waals surface area contributed by atoms with Gasteiger partial charge in [0.15, 0.2) is 0 Å². The molecule has 0 aliphatic carbocycles. The molecular formula is C22H18BrClN2O. The summed E-state index contributed by atoms with van der Waals surface area (Å²) < 4.78 is 9.15. The number of fused-ring (bicyclic) bond motifs is 1. The topological polar surface area (TPSA) is 27.1 Å². The molecule has 3 aromatic carbocycles. The van der Waals surface area contributed by atoms with E-state index in [9.17, 15) is 0 Å². The highest BCUT2D eigenvalue weighted by Gasteiger charge is 2.12. The number of rotatable bonds is 6. The van der Waals surface area contributed by atoms with Crippen LogP contribution in [0.5, 0.6) is 5.75 Å². The largest absolute Gasteiger partial charge is 0.494 e. The fraction of sp³-hybridized carbons (Fsp3) is 0.136. The van der Waals surface area contributed by atoms with Crippen molar-refractivity contribution >= 4 is 38.6 Å². The smallest absolute Gasteiger partial charge is 0.141 e. The molecule has 0 N–H and O–H groups in total. The molecule has 0 bridgehead atoms. The summed E-state index contributed by atoms with van der Waals surface area (Å²) in [6.07, 6.45) is 0.879. The van der Waals surface area contributed by atoms with Gasteiger partial charge in [0, 0.05) is 21.6 Å². The van der Waals surface area contributed by atoms with Gasteiger partial charge in [-0.1, -0.05) is 51.8 Å². The molecule has 0 spiro atoms. The first-order valence-corrected chi connectivity index (χ1v) is 9.97. The maximum Gasteiger partial charge on any atom is 0.141 e. The Hall–Kier alpha value is -2.30. The van der Waals surface area contributed by atoms with Crippen LogP contribution in [-0.4, -0.2) is 16.2 Å². The monoisotopic (exact) mass is 440 g/mol. The number of halogens is 2. The number of aryl methyl sites for hydroxylation is 1. The molecule has 0 unspecified atom stereocenters. The van der Waals surface area contributed by atoms with Crippen molar-refractivity contribution in [3.05, 3.63) is 82.3 Å². The Morgan fingerprint density at radius 1 is 0.963 bits per heavy atom. The van der Waals surface area contributed by atoms with Crippen molar-refractivity contribution in [1.29, 1.82) is 0 Å². The molecule has 4 rings (SSSR count). The quantitative estimate of drug-likeness (QED) is 0.316. The van der Waals surface area contributed by atoms with Crippen LogP contribution in [-0.2, 0) is 6.54 Å². The van der Waals surface area contributed by atoms with E-state index in [0.29, 0.717) is 11.6 Å². The van der Waals surface area contributed by atoms with Crippen LogP contribution in [0.25, 0.3) is 22.4 Å². The minimum Gasteiger partial charge on any atom is -0.494 e. The van der Waals surface area contributed by atoms with Gasteiger partial charge < -0.3 is 9.30 Å². The third-order valence-corrected chi connectivity index (χ3v) is 5.09. The second-order valence-electron chi connectivity index (χ2n) is 6.24. The van der Waals surface area contributed by atoms with Gasteiger partial charge in [-0.05, 0) is 55.0 Å². The fourth-order valence-corrected chi connectivity index (χ4v) is 3.62. The molecule has 3 nitrogen and oxygen atoms in total. The molecule has 0 saturated carbocycles. The van der Waals surface area contributed by atoms with E-state index in [1.165, 1.54) is 0 Å². The zero-order chi connectivity index (χ0) is 18.6. The summed E-state index contributed by atoms with van der Waals surface area (Å²) in [6.45, 7) is 1.46. The second kappa shape index (κ2) is 8.15. The lowest BCUT2D eigenvalue weighted by molar-refractivity contribution is 0.303. The van der Waals surface area contributed by atoms with Crippen LogP contribution in [0.4, 0.5) is 0 Å². The lowest BCUT2D eigenvalue weighted by Gasteiger charge is -2.11.